The van der Waals surface area contributed by atoms with E-state index in [1.54, 1.807) is 6.33 Å². The molecule has 0 amide bonds. The van der Waals surface area contributed by atoms with Crippen molar-refractivity contribution < 1.29 is 5.11 Å². The average Bonchev–Trinajstić information content (AvgIpc) is 3.29. The molecule has 168 valence electrons. The van der Waals surface area contributed by atoms with E-state index in [0.29, 0.717) is 18.0 Å². The van der Waals surface area contributed by atoms with Gasteiger partial charge in [-0.15, -0.1) is 0 Å². The number of unbranched alkanes of at least 4 members (excludes halogenated alkanes) is 1. The summed E-state index contributed by atoms with van der Waals surface area (Å²) >= 11 is 0. The Bertz CT molecular complexity index is 832. The highest BCUT2D eigenvalue weighted by Crippen LogP contribution is 2.30. The zero-order valence-electron chi connectivity index (χ0n) is 18.5. The summed E-state index contributed by atoms with van der Waals surface area (Å²) in [5.41, 5.74) is 1.69. The van der Waals surface area contributed by atoms with Crippen LogP contribution in [0.1, 0.15) is 71.1 Å². The number of aliphatic hydroxyl groups excluding tert-OH is 1. The number of anilines is 3. The Balaban J connectivity index is 1.56. The SMILES string of the molecule is CCCCNc1ncc(-c2cc(NC3CCCC3)ncn2)c(NC2CCC(O)CC2)n1. The maximum absolute atomic E-state index is 9.85. The van der Waals surface area contributed by atoms with Crippen LogP contribution in [0.25, 0.3) is 11.3 Å². The van der Waals surface area contributed by atoms with Crippen LogP contribution in [-0.4, -0.2) is 49.8 Å². The van der Waals surface area contributed by atoms with Gasteiger partial charge >= 0.3 is 0 Å². The molecule has 8 heteroatoms. The first kappa shape index (κ1) is 21.7. The molecule has 2 aromatic rings. The number of hydrogen-bond acceptors (Lipinski definition) is 8. The lowest BCUT2D eigenvalue weighted by atomic mass is 9.93. The molecular formula is C23H35N7O. The summed E-state index contributed by atoms with van der Waals surface area (Å²) in [7, 11) is 0. The third-order valence-electron chi connectivity index (χ3n) is 6.29. The van der Waals surface area contributed by atoms with E-state index in [-0.39, 0.29) is 6.10 Å². The van der Waals surface area contributed by atoms with Gasteiger partial charge in [-0.25, -0.2) is 15.0 Å². The summed E-state index contributed by atoms with van der Waals surface area (Å²) in [6.07, 6.45) is 13.9. The Morgan fingerprint density at radius 1 is 0.968 bits per heavy atom. The van der Waals surface area contributed by atoms with Crippen LogP contribution < -0.4 is 16.0 Å². The van der Waals surface area contributed by atoms with Gasteiger partial charge in [-0.1, -0.05) is 26.2 Å². The summed E-state index contributed by atoms with van der Waals surface area (Å²) in [6, 6.07) is 2.78. The van der Waals surface area contributed by atoms with E-state index >= 15 is 0 Å². The second-order valence-corrected chi connectivity index (χ2v) is 8.80. The van der Waals surface area contributed by atoms with Crippen LogP contribution in [0.3, 0.4) is 0 Å². The van der Waals surface area contributed by atoms with E-state index in [4.69, 9.17) is 4.98 Å². The van der Waals surface area contributed by atoms with Crippen LogP contribution in [0.2, 0.25) is 0 Å². The van der Waals surface area contributed by atoms with Crippen LogP contribution in [0.4, 0.5) is 17.6 Å². The maximum Gasteiger partial charge on any atom is 0.224 e. The Kier molecular flexibility index (Phi) is 7.51. The van der Waals surface area contributed by atoms with Gasteiger partial charge in [0.1, 0.15) is 18.0 Å². The molecule has 4 rings (SSSR count). The van der Waals surface area contributed by atoms with E-state index in [1.165, 1.54) is 25.7 Å². The van der Waals surface area contributed by atoms with Crippen LogP contribution in [-0.2, 0) is 0 Å². The number of rotatable bonds is 9. The van der Waals surface area contributed by atoms with Gasteiger partial charge in [0.2, 0.25) is 5.95 Å². The summed E-state index contributed by atoms with van der Waals surface area (Å²) in [5.74, 6) is 2.28. The molecule has 31 heavy (non-hydrogen) atoms. The molecular weight excluding hydrogens is 390 g/mol. The normalized spacial score (nSPS) is 21.7. The summed E-state index contributed by atoms with van der Waals surface area (Å²) in [5, 5.41) is 20.3. The number of nitrogens with zero attached hydrogens (tertiary/aromatic N) is 4. The van der Waals surface area contributed by atoms with Crippen LogP contribution in [0.15, 0.2) is 18.6 Å². The molecule has 2 fully saturated rings. The first-order chi connectivity index (χ1) is 15.2. The third-order valence-corrected chi connectivity index (χ3v) is 6.29. The minimum absolute atomic E-state index is 0.180. The van der Waals surface area contributed by atoms with Gasteiger partial charge in [-0.2, -0.15) is 4.98 Å². The van der Waals surface area contributed by atoms with Gasteiger partial charge in [0.05, 0.1) is 17.4 Å². The molecule has 2 saturated carbocycles. The van der Waals surface area contributed by atoms with Crippen LogP contribution >= 0.6 is 0 Å². The highest BCUT2D eigenvalue weighted by Gasteiger charge is 2.22. The molecule has 2 heterocycles. The molecule has 0 radical (unpaired) electrons. The lowest BCUT2D eigenvalue weighted by molar-refractivity contribution is 0.126. The topological polar surface area (TPSA) is 108 Å². The van der Waals surface area contributed by atoms with E-state index in [0.717, 1.165) is 68.0 Å². The molecule has 0 spiro atoms. The molecule has 0 unspecified atom stereocenters. The second-order valence-electron chi connectivity index (χ2n) is 8.80. The van der Waals surface area contributed by atoms with Gasteiger partial charge in [-0.05, 0) is 44.9 Å². The molecule has 2 aliphatic carbocycles. The molecule has 0 aliphatic heterocycles. The predicted molar refractivity (Wildman–Crippen MR) is 124 cm³/mol. The summed E-state index contributed by atoms with van der Waals surface area (Å²) < 4.78 is 0. The van der Waals surface area contributed by atoms with Gasteiger partial charge in [-0.3, -0.25) is 0 Å². The van der Waals surface area contributed by atoms with Crippen molar-refractivity contribution in [2.75, 3.05) is 22.5 Å². The second kappa shape index (κ2) is 10.7. The quantitative estimate of drug-likeness (QED) is 0.442. The fourth-order valence-electron chi connectivity index (χ4n) is 4.42. The fraction of sp³-hybridized carbons (Fsp3) is 0.652. The van der Waals surface area contributed by atoms with Crippen molar-refractivity contribution in [3.63, 3.8) is 0 Å². The van der Waals surface area contributed by atoms with Crippen molar-refractivity contribution in [2.24, 2.45) is 0 Å². The zero-order chi connectivity index (χ0) is 21.5. The van der Waals surface area contributed by atoms with Crippen molar-refractivity contribution in [1.29, 1.82) is 0 Å². The third kappa shape index (κ3) is 6.03. The van der Waals surface area contributed by atoms with Crippen molar-refractivity contribution in [1.82, 2.24) is 19.9 Å². The van der Waals surface area contributed by atoms with Gasteiger partial charge in [0.15, 0.2) is 0 Å². The molecule has 0 bridgehead atoms. The Hall–Kier alpha value is -2.48. The Morgan fingerprint density at radius 2 is 1.74 bits per heavy atom. The lowest BCUT2D eigenvalue weighted by Crippen LogP contribution is -2.29. The first-order valence-electron chi connectivity index (χ1n) is 11.9. The van der Waals surface area contributed by atoms with E-state index in [1.807, 2.05) is 12.3 Å². The van der Waals surface area contributed by atoms with Gasteiger partial charge < -0.3 is 21.1 Å². The molecule has 0 aromatic carbocycles. The number of aliphatic hydroxyl groups is 1. The molecule has 4 N–H and O–H groups in total. The summed E-state index contributed by atoms with van der Waals surface area (Å²) in [4.78, 5) is 18.3. The molecule has 2 aromatic heterocycles. The van der Waals surface area contributed by atoms with E-state index < -0.39 is 0 Å². The Morgan fingerprint density at radius 3 is 2.52 bits per heavy atom. The maximum atomic E-state index is 9.85. The smallest absolute Gasteiger partial charge is 0.224 e. The minimum atomic E-state index is -0.180. The molecule has 8 nitrogen and oxygen atoms in total. The van der Waals surface area contributed by atoms with Crippen molar-refractivity contribution in [2.45, 2.75) is 89.3 Å². The standard InChI is InChI=1S/C23H35N7O/c1-2-3-12-24-23-25-14-19(22(30-23)29-17-8-10-18(31)11-9-17)20-13-21(27-15-26-20)28-16-6-4-5-7-16/h13-18,31H,2-12H2,1H3,(H,26,27,28)(H2,24,25,29,30). The predicted octanol–water partition coefficient (Wildman–Crippen LogP) is 4.22. The van der Waals surface area contributed by atoms with Crippen molar-refractivity contribution in [3.05, 3.63) is 18.6 Å². The van der Waals surface area contributed by atoms with Gasteiger partial charge in [0.25, 0.3) is 0 Å². The average molecular weight is 426 g/mol. The highest BCUT2D eigenvalue weighted by molar-refractivity contribution is 5.74. The van der Waals surface area contributed by atoms with Crippen LogP contribution in [0.5, 0.6) is 0 Å². The fourth-order valence-corrected chi connectivity index (χ4v) is 4.42. The van der Waals surface area contributed by atoms with E-state index in [2.05, 4.69) is 37.8 Å². The largest absolute Gasteiger partial charge is 0.393 e. The summed E-state index contributed by atoms with van der Waals surface area (Å²) in [6.45, 7) is 3.02. The lowest BCUT2D eigenvalue weighted by Gasteiger charge is -2.27. The highest BCUT2D eigenvalue weighted by atomic mass is 16.3. The van der Waals surface area contributed by atoms with Crippen molar-refractivity contribution >= 4 is 17.6 Å². The van der Waals surface area contributed by atoms with Gasteiger partial charge in [0, 0.05) is 30.9 Å². The first-order valence-corrected chi connectivity index (χ1v) is 11.9. The Labute approximate surface area is 184 Å². The van der Waals surface area contributed by atoms with Crippen molar-refractivity contribution in [3.8, 4) is 11.3 Å². The monoisotopic (exact) mass is 425 g/mol. The number of aromatic nitrogens is 4. The van der Waals surface area contributed by atoms with Crippen LogP contribution in [0, 0.1) is 0 Å². The molecule has 0 atom stereocenters. The molecule has 0 saturated heterocycles. The molecule has 2 aliphatic rings. The number of nitrogens with one attached hydrogen (secondary N) is 3. The number of hydrogen-bond donors (Lipinski definition) is 4. The van der Waals surface area contributed by atoms with E-state index in [9.17, 15) is 5.11 Å². The minimum Gasteiger partial charge on any atom is -0.393 e. The zero-order valence-corrected chi connectivity index (χ0v) is 18.5.